The summed E-state index contributed by atoms with van der Waals surface area (Å²) in [5.41, 5.74) is 11.6. The predicted molar refractivity (Wildman–Crippen MR) is 70.3 cm³/mol. The van der Waals surface area contributed by atoms with Crippen LogP contribution < -0.4 is 11.5 Å². The lowest BCUT2D eigenvalue weighted by molar-refractivity contribution is -0.146. The highest BCUT2D eigenvalue weighted by Gasteiger charge is 2.14. The first kappa shape index (κ1) is 15.2. The van der Waals surface area contributed by atoms with Crippen LogP contribution in [0.2, 0.25) is 10.3 Å². The molecular weight excluding hydrogens is 277 g/mol. The molecule has 18 heavy (non-hydrogen) atoms. The molecule has 0 aliphatic carbocycles. The summed E-state index contributed by atoms with van der Waals surface area (Å²) in [5, 5.41) is 0.502. The number of carbonyl (C=O) groups excluding carboxylic acids is 1. The van der Waals surface area contributed by atoms with E-state index in [1.165, 1.54) is 0 Å². The molecule has 5 nitrogen and oxygen atoms in total. The van der Waals surface area contributed by atoms with Crippen LogP contribution >= 0.6 is 23.2 Å². The standard InChI is InChI=1S/C11H15Cl2N3O2/c12-9-4-7(5-10(13)16-9)6-18-11(17)8(15)2-1-3-14/h4-5,8H,1-3,6,14-15H2/t8-/m0/s1. The monoisotopic (exact) mass is 291 g/mol. The van der Waals surface area contributed by atoms with Gasteiger partial charge in [0.2, 0.25) is 0 Å². The molecule has 1 atom stereocenters. The van der Waals surface area contributed by atoms with Crippen molar-refractivity contribution in [2.45, 2.75) is 25.5 Å². The summed E-state index contributed by atoms with van der Waals surface area (Å²) >= 11 is 11.4. The summed E-state index contributed by atoms with van der Waals surface area (Å²) in [4.78, 5) is 15.3. The minimum absolute atomic E-state index is 0.0666. The Bertz CT molecular complexity index is 395. The normalized spacial score (nSPS) is 12.2. The lowest BCUT2D eigenvalue weighted by Gasteiger charge is -2.11. The number of pyridine rings is 1. The summed E-state index contributed by atoms with van der Waals surface area (Å²) in [7, 11) is 0. The average molecular weight is 292 g/mol. The lowest BCUT2D eigenvalue weighted by Crippen LogP contribution is -2.32. The van der Waals surface area contributed by atoms with Gasteiger partial charge in [-0.1, -0.05) is 23.2 Å². The van der Waals surface area contributed by atoms with Gasteiger partial charge in [0, 0.05) is 0 Å². The number of esters is 1. The molecule has 0 aromatic carbocycles. The molecule has 1 heterocycles. The van der Waals surface area contributed by atoms with Gasteiger partial charge in [-0.05, 0) is 37.1 Å². The van der Waals surface area contributed by atoms with Crippen LogP contribution in [-0.2, 0) is 16.1 Å². The molecule has 0 bridgehead atoms. The number of nitrogens with two attached hydrogens (primary N) is 2. The van der Waals surface area contributed by atoms with Gasteiger partial charge >= 0.3 is 5.97 Å². The molecule has 4 N–H and O–H groups in total. The minimum atomic E-state index is -0.652. The Kier molecular flexibility index (Phi) is 6.35. The maximum Gasteiger partial charge on any atom is 0.323 e. The summed E-state index contributed by atoms with van der Waals surface area (Å²) in [6, 6.07) is 2.50. The number of nitrogens with zero attached hydrogens (tertiary/aromatic N) is 1. The van der Waals surface area contributed by atoms with E-state index in [1.54, 1.807) is 12.1 Å². The molecule has 0 spiro atoms. The van der Waals surface area contributed by atoms with Crippen molar-refractivity contribution in [3.63, 3.8) is 0 Å². The van der Waals surface area contributed by atoms with Crippen LogP contribution in [0.5, 0.6) is 0 Å². The molecule has 7 heteroatoms. The van der Waals surface area contributed by atoms with Gasteiger partial charge in [-0.3, -0.25) is 4.79 Å². The van der Waals surface area contributed by atoms with Crippen LogP contribution in [0.3, 0.4) is 0 Å². The first-order chi connectivity index (χ1) is 8.52. The first-order valence-electron chi connectivity index (χ1n) is 5.47. The van der Waals surface area contributed by atoms with Crippen LogP contribution in [-0.4, -0.2) is 23.5 Å². The predicted octanol–water partition coefficient (Wildman–Crippen LogP) is 1.50. The van der Waals surface area contributed by atoms with E-state index in [4.69, 9.17) is 39.4 Å². The smallest absolute Gasteiger partial charge is 0.323 e. The number of halogens is 2. The van der Waals surface area contributed by atoms with E-state index < -0.39 is 12.0 Å². The van der Waals surface area contributed by atoms with Crippen molar-refractivity contribution in [3.8, 4) is 0 Å². The van der Waals surface area contributed by atoms with E-state index >= 15 is 0 Å². The average Bonchev–Trinajstić information content (AvgIpc) is 2.31. The highest BCUT2D eigenvalue weighted by molar-refractivity contribution is 6.32. The second-order valence-electron chi connectivity index (χ2n) is 3.77. The second kappa shape index (κ2) is 7.53. The van der Waals surface area contributed by atoms with Gasteiger partial charge in [0.25, 0.3) is 0 Å². The number of aromatic nitrogens is 1. The zero-order valence-electron chi connectivity index (χ0n) is 9.73. The summed E-state index contributed by atoms with van der Waals surface area (Å²) in [5.74, 6) is -0.465. The van der Waals surface area contributed by atoms with Gasteiger partial charge in [-0.25, -0.2) is 4.98 Å². The van der Waals surface area contributed by atoms with Crippen LogP contribution in [0.1, 0.15) is 18.4 Å². The third-order valence-corrected chi connectivity index (χ3v) is 2.61. The Morgan fingerprint density at radius 1 is 1.39 bits per heavy atom. The van der Waals surface area contributed by atoms with Crippen LogP contribution in [0.4, 0.5) is 0 Å². The van der Waals surface area contributed by atoms with Crippen molar-refractivity contribution in [2.24, 2.45) is 11.5 Å². The summed E-state index contributed by atoms with van der Waals surface area (Å²) < 4.78 is 5.05. The molecule has 0 aliphatic heterocycles. The van der Waals surface area contributed by atoms with Crippen LogP contribution in [0.15, 0.2) is 12.1 Å². The topological polar surface area (TPSA) is 91.2 Å². The van der Waals surface area contributed by atoms with Crippen LogP contribution in [0, 0.1) is 0 Å². The van der Waals surface area contributed by atoms with Crippen LogP contribution in [0.25, 0.3) is 0 Å². The van der Waals surface area contributed by atoms with Gasteiger partial charge in [0.05, 0.1) is 0 Å². The Hall–Kier alpha value is -0.880. The number of hydrogen-bond donors (Lipinski definition) is 2. The SMILES string of the molecule is NCCC[C@H](N)C(=O)OCc1cc(Cl)nc(Cl)c1. The van der Waals surface area contributed by atoms with E-state index in [0.717, 1.165) is 0 Å². The molecule has 0 aliphatic rings. The molecule has 0 saturated heterocycles. The van der Waals surface area contributed by atoms with Gasteiger partial charge in [0.1, 0.15) is 23.0 Å². The largest absolute Gasteiger partial charge is 0.460 e. The van der Waals surface area contributed by atoms with Gasteiger partial charge < -0.3 is 16.2 Å². The van der Waals surface area contributed by atoms with E-state index in [2.05, 4.69) is 4.98 Å². The molecule has 1 aromatic rings. The highest BCUT2D eigenvalue weighted by Crippen LogP contribution is 2.15. The fourth-order valence-electron chi connectivity index (χ4n) is 1.31. The van der Waals surface area contributed by atoms with Crippen molar-refractivity contribution in [1.29, 1.82) is 0 Å². The van der Waals surface area contributed by atoms with Crippen molar-refractivity contribution in [1.82, 2.24) is 4.98 Å². The molecule has 100 valence electrons. The second-order valence-corrected chi connectivity index (χ2v) is 4.54. The molecule has 1 rings (SSSR count). The maximum absolute atomic E-state index is 11.5. The summed E-state index contributed by atoms with van der Waals surface area (Å²) in [6.07, 6.45) is 1.19. The third-order valence-electron chi connectivity index (χ3n) is 2.23. The number of hydrogen-bond acceptors (Lipinski definition) is 5. The molecule has 0 unspecified atom stereocenters. The molecule has 1 aromatic heterocycles. The number of carbonyl (C=O) groups is 1. The molecule has 0 fully saturated rings. The third kappa shape index (κ3) is 5.18. The van der Waals surface area contributed by atoms with E-state index in [1.807, 2.05) is 0 Å². The first-order valence-corrected chi connectivity index (χ1v) is 6.22. The molecule has 0 saturated carbocycles. The molecule has 0 amide bonds. The van der Waals surface area contributed by atoms with Gasteiger partial charge in [-0.15, -0.1) is 0 Å². The van der Waals surface area contributed by atoms with Crippen molar-refractivity contribution in [2.75, 3.05) is 6.54 Å². The minimum Gasteiger partial charge on any atom is -0.460 e. The Morgan fingerprint density at radius 2 is 2.00 bits per heavy atom. The Morgan fingerprint density at radius 3 is 2.56 bits per heavy atom. The number of ether oxygens (including phenoxy) is 1. The van der Waals surface area contributed by atoms with E-state index in [-0.39, 0.29) is 16.9 Å². The molecular formula is C11H15Cl2N3O2. The van der Waals surface area contributed by atoms with Crippen molar-refractivity contribution < 1.29 is 9.53 Å². The summed E-state index contributed by atoms with van der Waals surface area (Å²) in [6.45, 7) is 0.563. The van der Waals surface area contributed by atoms with E-state index in [9.17, 15) is 4.79 Å². The Labute approximate surface area is 115 Å². The zero-order chi connectivity index (χ0) is 13.5. The van der Waals surface area contributed by atoms with E-state index in [0.29, 0.717) is 24.9 Å². The molecule has 0 radical (unpaired) electrons. The van der Waals surface area contributed by atoms with Gasteiger partial charge in [-0.2, -0.15) is 0 Å². The Balaban J connectivity index is 2.46. The fourth-order valence-corrected chi connectivity index (χ4v) is 1.82. The van der Waals surface area contributed by atoms with Crippen molar-refractivity contribution >= 4 is 29.2 Å². The highest BCUT2D eigenvalue weighted by atomic mass is 35.5. The lowest BCUT2D eigenvalue weighted by atomic mass is 10.2. The number of rotatable bonds is 6. The maximum atomic E-state index is 11.5. The van der Waals surface area contributed by atoms with Crippen molar-refractivity contribution in [3.05, 3.63) is 28.0 Å². The quantitative estimate of drug-likeness (QED) is 0.612. The zero-order valence-corrected chi connectivity index (χ0v) is 11.2. The fraction of sp³-hybridized carbons (Fsp3) is 0.455. The van der Waals surface area contributed by atoms with Gasteiger partial charge in [0.15, 0.2) is 0 Å².